The molecule has 4 heteroatoms. The Morgan fingerprint density at radius 3 is 2.36 bits per heavy atom. The minimum Gasteiger partial charge on any atom is -0.497 e. The predicted molar refractivity (Wildman–Crippen MR) is 86.8 cm³/mol. The molecule has 0 atom stereocenters. The lowest BCUT2D eigenvalue weighted by Gasteiger charge is -2.23. The first-order chi connectivity index (χ1) is 10.7. The molecule has 0 aliphatic carbocycles. The van der Waals surface area contributed by atoms with Crippen molar-refractivity contribution in [1.29, 1.82) is 0 Å². The zero-order valence-electron chi connectivity index (χ0n) is 12.6. The third-order valence-corrected chi connectivity index (χ3v) is 4.10. The molecule has 1 fully saturated rings. The van der Waals surface area contributed by atoms with Crippen LogP contribution in [0.4, 0.5) is 5.69 Å². The first-order valence-corrected chi connectivity index (χ1v) is 7.46. The van der Waals surface area contributed by atoms with Crippen molar-refractivity contribution in [3.8, 4) is 16.9 Å². The van der Waals surface area contributed by atoms with Gasteiger partial charge in [-0.25, -0.2) is 4.79 Å². The second-order valence-electron chi connectivity index (χ2n) is 5.43. The Bertz CT molecular complexity index is 673. The van der Waals surface area contributed by atoms with Gasteiger partial charge in [-0.05, 0) is 42.7 Å². The lowest BCUT2D eigenvalue weighted by atomic mass is 9.97. The molecule has 2 aromatic carbocycles. The number of anilines is 1. The van der Waals surface area contributed by atoms with E-state index in [2.05, 4.69) is 4.90 Å². The minimum absolute atomic E-state index is 0.342. The summed E-state index contributed by atoms with van der Waals surface area (Å²) in [5.41, 5.74) is 3.04. The van der Waals surface area contributed by atoms with Crippen LogP contribution in [0.5, 0.6) is 5.75 Å². The molecule has 0 radical (unpaired) electrons. The summed E-state index contributed by atoms with van der Waals surface area (Å²) < 4.78 is 5.19. The zero-order chi connectivity index (χ0) is 15.5. The van der Waals surface area contributed by atoms with Gasteiger partial charge in [0.05, 0.1) is 12.7 Å². The van der Waals surface area contributed by atoms with Crippen LogP contribution in [0.3, 0.4) is 0 Å². The molecule has 1 N–H and O–H groups in total. The van der Waals surface area contributed by atoms with E-state index in [1.807, 2.05) is 36.4 Å². The normalized spacial score (nSPS) is 14.1. The van der Waals surface area contributed by atoms with Crippen molar-refractivity contribution in [3.05, 3.63) is 48.0 Å². The lowest BCUT2D eigenvalue weighted by molar-refractivity contribution is 0.0698. The molecule has 0 saturated carbocycles. The molecule has 0 amide bonds. The van der Waals surface area contributed by atoms with Crippen molar-refractivity contribution < 1.29 is 14.6 Å². The van der Waals surface area contributed by atoms with Gasteiger partial charge in [0, 0.05) is 24.3 Å². The number of ether oxygens (including phenoxy) is 1. The third-order valence-electron chi connectivity index (χ3n) is 4.10. The summed E-state index contributed by atoms with van der Waals surface area (Å²) in [5, 5.41) is 9.55. The van der Waals surface area contributed by atoms with E-state index in [4.69, 9.17) is 4.74 Å². The van der Waals surface area contributed by atoms with Crippen LogP contribution in [-0.4, -0.2) is 31.3 Å². The molecule has 3 rings (SSSR count). The molecule has 0 unspecified atom stereocenters. The van der Waals surface area contributed by atoms with Gasteiger partial charge in [-0.2, -0.15) is 0 Å². The number of methoxy groups -OCH3 is 1. The maximum atomic E-state index is 11.6. The number of rotatable bonds is 4. The molecule has 1 aliphatic rings. The molecular weight excluding hydrogens is 278 g/mol. The summed E-state index contributed by atoms with van der Waals surface area (Å²) in [4.78, 5) is 13.9. The Hall–Kier alpha value is -2.49. The van der Waals surface area contributed by atoms with Crippen molar-refractivity contribution in [2.75, 3.05) is 25.1 Å². The van der Waals surface area contributed by atoms with E-state index < -0.39 is 5.97 Å². The molecule has 2 aromatic rings. The van der Waals surface area contributed by atoms with Crippen LogP contribution in [0.1, 0.15) is 23.2 Å². The number of benzene rings is 2. The van der Waals surface area contributed by atoms with Crippen LogP contribution in [0.2, 0.25) is 0 Å². The summed E-state index contributed by atoms with van der Waals surface area (Å²) in [6.07, 6.45) is 2.30. The minimum atomic E-state index is -0.896. The first-order valence-electron chi connectivity index (χ1n) is 7.46. The molecule has 0 spiro atoms. The van der Waals surface area contributed by atoms with Crippen LogP contribution in [0, 0.1) is 0 Å². The number of carboxylic acid groups (broad SMARTS) is 1. The number of carboxylic acids is 1. The van der Waals surface area contributed by atoms with Gasteiger partial charge in [0.25, 0.3) is 0 Å². The van der Waals surface area contributed by atoms with Crippen LogP contribution in [0.15, 0.2) is 42.5 Å². The average molecular weight is 297 g/mol. The Labute approximate surface area is 130 Å². The highest BCUT2D eigenvalue weighted by atomic mass is 16.5. The van der Waals surface area contributed by atoms with E-state index in [1.54, 1.807) is 13.2 Å². The smallest absolute Gasteiger partial charge is 0.336 e. The monoisotopic (exact) mass is 297 g/mol. The van der Waals surface area contributed by atoms with Crippen molar-refractivity contribution in [2.24, 2.45) is 0 Å². The Kier molecular flexibility index (Phi) is 4.00. The van der Waals surface area contributed by atoms with Crippen LogP contribution >= 0.6 is 0 Å². The van der Waals surface area contributed by atoms with E-state index in [9.17, 15) is 9.90 Å². The average Bonchev–Trinajstić information content (AvgIpc) is 3.08. The summed E-state index contributed by atoms with van der Waals surface area (Å²) >= 11 is 0. The summed E-state index contributed by atoms with van der Waals surface area (Å²) in [7, 11) is 1.62. The van der Waals surface area contributed by atoms with E-state index in [0.717, 1.165) is 48.5 Å². The summed E-state index contributed by atoms with van der Waals surface area (Å²) in [6, 6.07) is 13.1. The zero-order valence-corrected chi connectivity index (χ0v) is 12.6. The highest BCUT2D eigenvalue weighted by Gasteiger charge is 2.21. The number of aromatic carboxylic acids is 1. The van der Waals surface area contributed by atoms with Gasteiger partial charge in [-0.15, -0.1) is 0 Å². The number of hydrogen-bond donors (Lipinski definition) is 1. The number of nitrogens with zero attached hydrogens (tertiary/aromatic N) is 1. The highest BCUT2D eigenvalue weighted by Crippen LogP contribution is 2.36. The van der Waals surface area contributed by atoms with E-state index in [0.29, 0.717) is 5.56 Å². The van der Waals surface area contributed by atoms with E-state index >= 15 is 0 Å². The largest absolute Gasteiger partial charge is 0.497 e. The van der Waals surface area contributed by atoms with Gasteiger partial charge >= 0.3 is 5.97 Å². The first kappa shape index (κ1) is 14.4. The Balaban J connectivity index is 2.14. The fraction of sp³-hybridized carbons (Fsp3) is 0.278. The molecule has 0 bridgehead atoms. The SMILES string of the molecule is COc1ccc(-c2c(C(=O)O)cccc2N2CCCC2)cc1. The van der Waals surface area contributed by atoms with Gasteiger partial charge in [-0.1, -0.05) is 18.2 Å². The second-order valence-corrected chi connectivity index (χ2v) is 5.43. The fourth-order valence-electron chi connectivity index (χ4n) is 3.00. The number of carbonyl (C=O) groups is 1. The summed E-state index contributed by atoms with van der Waals surface area (Å²) in [6.45, 7) is 1.96. The molecule has 1 saturated heterocycles. The van der Waals surface area contributed by atoms with E-state index in [-0.39, 0.29) is 0 Å². The molecular formula is C18H19NO3. The van der Waals surface area contributed by atoms with Crippen molar-refractivity contribution in [2.45, 2.75) is 12.8 Å². The van der Waals surface area contributed by atoms with Crippen molar-refractivity contribution in [3.63, 3.8) is 0 Å². The van der Waals surface area contributed by atoms with Crippen LogP contribution in [-0.2, 0) is 0 Å². The molecule has 22 heavy (non-hydrogen) atoms. The quantitative estimate of drug-likeness (QED) is 0.935. The standard InChI is InChI=1S/C18H19NO3/c1-22-14-9-7-13(8-10-14)17-15(18(20)21)5-4-6-16(17)19-11-2-3-12-19/h4-10H,2-3,11-12H2,1H3,(H,20,21). The van der Waals surface area contributed by atoms with Gasteiger partial charge in [-0.3, -0.25) is 0 Å². The van der Waals surface area contributed by atoms with Gasteiger partial charge < -0.3 is 14.7 Å². The highest BCUT2D eigenvalue weighted by molar-refractivity contribution is 6.00. The topological polar surface area (TPSA) is 49.8 Å². The van der Waals surface area contributed by atoms with E-state index in [1.165, 1.54) is 0 Å². The fourth-order valence-corrected chi connectivity index (χ4v) is 3.00. The Morgan fingerprint density at radius 1 is 1.09 bits per heavy atom. The molecule has 114 valence electrons. The third kappa shape index (κ3) is 2.64. The molecule has 1 aliphatic heterocycles. The Morgan fingerprint density at radius 2 is 1.77 bits per heavy atom. The molecule has 0 aromatic heterocycles. The van der Waals surface area contributed by atoms with Gasteiger partial charge in [0.1, 0.15) is 5.75 Å². The van der Waals surface area contributed by atoms with Crippen molar-refractivity contribution in [1.82, 2.24) is 0 Å². The van der Waals surface area contributed by atoms with Crippen LogP contribution < -0.4 is 9.64 Å². The second kappa shape index (κ2) is 6.10. The van der Waals surface area contributed by atoms with Gasteiger partial charge in [0.2, 0.25) is 0 Å². The van der Waals surface area contributed by atoms with Crippen molar-refractivity contribution >= 4 is 11.7 Å². The maximum Gasteiger partial charge on any atom is 0.336 e. The summed E-state index contributed by atoms with van der Waals surface area (Å²) in [5.74, 6) is -0.133. The predicted octanol–water partition coefficient (Wildman–Crippen LogP) is 3.66. The lowest BCUT2D eigenvalue weighted by Crippen LogP contribution is -2.19. The number of hydrogen-bond acceptors (Lipinski definition) is 3. The maximum absolute atomic E-state index is 11.6. The molecule has 4 nitrogen and oxygen atoms in total. The van der Waals surface area contributed by atoms with Gasteiger partial charge in [0.15, 0.2) is 0 Å². The molecule has 1 heterocycles. The van der Waals surface area contributed by atoms with Crippen LogP contribution in [0.25, 0.3) is 11.1 Å².